The highest BCUT2D eigenvalue weighted by molar-refractivity contribution is 6.36. The molecule has 0 radical (unpaired) electrons. The molecule has 1 aromatic carbocycles. The molecular weight excluding hydrogens is 461 g/mol. The predicted octanol–water partition coefficient (Wildman–Crippen LogP) is 5.50. The van der Waals surface area contributed by atoms with E-state index in [2.05, 4.69) is 15.5 Å². The van der Waals surface area contributed by atoms with Crippen molar-refractivity contribution in [2.75, 3.05) is 12.4 Å². The number of nitrogens with zero attached hydrogens (tertiary/aromatic N) is 4. The van der Waals surface area contributed by atoms with Crippen LogP contribution in [-0.2, 0) is 4.79 Å². The predicted molar refractivity (Wildman–Crippen MR) is 121 cm³/mol. The second kappa shape index (κ2) is 8.70. The molecule has 158 valence electrons. The van der Waals surface area contributed by atoms with Crippen LogP contribution in [0.1, 0.15) is 18.5 Å². The summed E-state index contributed by atoms with van der Waals surface area (Å²) in [6, 6.07) is 12.1. The van der Waals surface area contributed by atoms with E-state index < -0.39 is 5.92 Å². The molecule has 0 bridgehead atoms. The van der Waals surface area contributed by atoms with Gasteiger partial charge in [0.15, 0.2) is 16.6 Å². The van der Waals surface area contributed by atoms with E-state index in [1.165, 1.54) is 0 Å². The molecule has 4 aromatic rings. The molecule has 31 heavy (non-hydrogen) atoms. The van der Waals surface area contributed by atoms with E-state index in [0.29, 0.717) is 32.8 Å². The Morgan fingerprint density at radius 2 is 1.84 bits per heavy atom. The summed E-state index contributed by atoms with van der Waals surface area (Å²) in [5, 5.41) is 11.4. The van der Waals surface area contributed by atoms with Crippen molar-refractivity contribution < 1.29 is 9.53 Å². The normalized spacial score (nSPS) is 12.0. The fourth-order valence-corrected chi connectivity index (χ4v) is 3.82. The number of aromatic nitrogens is 4. The van der Waals surface area contributed by atoms with Crippen LogP contribution in [0.2, 0.25) is 15.2 Å². The van der Waals surface area contributed by atoms with Crippen molar-refractivity contribution in [1.29, 1.82) is 0 Å². The van der Waals surface area contributed by atoms with E-state index in [1.54, 1.807) is 42.8 Å². The molecule has 1 amide bonds. The second-order valence-electron chi connectivity index (χ2n) is 6.73. The number of hydrogen-bond donors (Lipinski definition) is 1. The Morgan fingerprint density at radius 3 is 2.48 bits per heavy atom. The van der Waals surface area contributed by atoms with Gasteiger partial charge < -0.3 is 10.1 Å². The van der Waals surface area contributed by atoms with Gasteiger partial charge in [-0.3, -0.25) is 9.20 Å². The van der Waals surface area contributed by atoms with Crippen LogP contribution in [0, 0.1) is 0 Å². The number of rotatable bonds is 5. The largest absolute Gasteiger partial charge is 0.497 e. The lowest BCUT2D eigenvalue weighted by Crippen LogP contribution is -2.21. The van der Waals surface area contributed by atoms with Crippen LogP contribution in [0.3, 0.4) is 0 Å². The fraction of sp³-hybridized carbons (Fsp3) is 0.143. The van der Waals surface area contributed by atoms with E-state index in [-0.39, 0.29) is 16.9 Å². The summed E-state index contributed by atoms with van der Waals surface area (Å²) in [6.45, 7) is 1.77. The van der Waals surface area contributed by atoms with Crippen LogP contribution in [-0.4, -0.2) is 32.6 Å². The topological polar surface area (TPSA) is 81.4 Å². The molecule has 1 atom stereocenters. The van der Waals surface area contributed by atoms with Gasteiger partial charge in [0.25, 0.3) is 0 Å². The third kappa shape index (κ3) is 4.30. The summed E-state index contributed by atoms with van der Waals surface area (Å²) < 4.78 is 6.98. The minimum atomic E-state index is -0.626. The number of benzene rings is 1. The molecule has 0 aliphatic carbocycles. The van der Waals surface area contributed by atoms with Crippen molar-refractivity contribution in [3.8, 4) is 17.0 Å². The lowest BCUT2D eigenvalue weighted by molar-refractivity contribution is -0.117. The zero-order valence-corrected chi connectivity index (χ0v) is 18.7. The Labute approximate surface area is 192 Å². The molecular formula is C21H16Cl3N5O2. The third-order valence-corrected chi connectivity index (χ3v) is 5.42. The van der Waals surface area contributed by atoms with Gasteiger partial charge in [-0.25, -0.2) is 4.98 Å². The van der Waals surface area contributed by atoms with E-state index in [0.717, 1.165) is 5.56 Å². The molecule has 1 unspecified atom stereocenters. The molecule has 0 aliphatic heterocycles. The van der Waals surface area contributed by atoms with Crippen LogP contribution >= 0.6 is 34.8 Å². The van der Waals surface area contributed by atoms with E-state index in [9.17, 15) is 4.79 Å². The Morgan fingerprint density at radius 1 is 1.10 bits per heavy atom. The van der Waals surface area contributed by atoms with Crippen molar-refractivity contribution in [3.05, 3.63) is 69.6 Å². The van der Waals surface area contributed by atoms with Gasteiger partial charge in [0, 0.05) is 11.8 Å². The van der Waals surface area contributed by atoms with Crippen molar-refractivity contribution in [3.63, 3.8) is 0 Å². The molecule has 0 aliphatic rings. The van der Waals surface area contributed by atoms with Gasteiger partial charge in [-0.15, -0.1) is 10.2 Å². The Bertz CT molecular complexity index is 1260. The first-order valence-corrected chi connectivity index (χ1v) is 10.3. The van der Waals surface area contributed by atoms with E-state index >= 15 is 0 Å². The summed E-state index contributed by atoms with van der Waals surface area (Å²) in [4.78, 5) is 17.8. The highest BCUT2D eigenvalue weighted by Gasteiger charge is 2.26. The molecule has 4 rings (SSSR count). The number of amides is 1. The molecule has 0 saturated carbocycles. The second-order valence-corrected chi connectivity index (χ2v) is 7.96. The molecule has 0 fully saturated rings. The lowest BCUT2D eigenvalue weighted by Gasteiger charge is -2.14. The number of nitrogens with one attached hydrogen (secondary N) is 1. The van der Waals surface area contributed by atoms with Gasteiger partial charge in [0.1, 0.15) is 5.75 Å². The Kier molecular flexibility index (Phi) is 6.00. The maximum absolute atomic E-state index is 13.1. The lowest BCUT2D eigenvalue weighted by atomic mass is 10.0. The van der Waals surface area contributed by atoms with Crippen molar-refractivity contribution in [2.24, 2.45) is 0 Å². The smallest absolute Gasteiger partial charge is 0.234 e. The minimum absolute atomic E-state index is 0.235. The van der Waals surface area contributed by atoms with Crippen LogP contribution < -0.4 is 10.1 Å². The van der Waals surface area contributed by atoms with Gasteiger partial charge in [0.05, 0.1) is 34.5 Å². The van der Waals surface area contributed by atoms with Crippen LogP contribution in [0.25, 0.3) is 16.9 Å². The average Bonchev–Trinajstić information content (AvgIpc) is 3.14. The number of halogens is 3. The van der Waals surface area contributed by atoms with Crippen LogP contribution in [0.4, 0.5) is 5.82 Å². The summed E-state index contributed by atoms with van der Waals surface area (Å²) in [5.74, 6) is 0.0720. The first kappa shape index (κ1) is 21.4. The van der Waals surface area contributed by atoms with Crippen LogP contribution in [0.15, 0.2) is 48.7 Å². The number of ether oxygens (including phenoxy) is 1. The number of imidazole rings is 1. The Balaban J connectivity index is 1.81. The third-order valence-electron chi connectivity index (χ3n) is 4.73. The standard InChI is InChI=1S/C21H16Cl3N5O2/c1-11(21(30)25-17-8-7-16(24)27-28-17)19-18(12-3-5-14(31-2)6-4-12)26-20-15(23)9-13(22)10-29(19)20/h3-11H,1-2H3,(H,25,28,30). The van der Waals surface area contributed by atoms with E-state index in [4.69, 9.17) is 44.5 Å². The van der Waals surface area contributed by atoms with Gasteiger partial charge in [-0.05, 0) is 49.4 Å². The quantitative estimate of drug-likeness (QED) is 0.411. The highest BCUT2D eigenvalue weighted by atomic mass is 35.5. The number of fused-ring (bicyclic) bond motifs is 1. The summed E-state index contributed by atoms with van der Waals surface area (Å²) in [5.41, 5.74) is 2.54. The molecule has 3 heterocycles. The van der Waals surface area contributed by atoms with Crippen molar-refractivity contribution >= 4 is 52.2 Å². The average molecular weight is 477 g/mol. The number of methoxy groups -OCH3 is 1. The first-order valence-electron chi connectivity index (χ1n) is 9.19. The molecule has 10 heteroatoms. The molecule has 0 saturated heterocycles. The molecule has 7 nitrogen and oxygen atoms in total. The fourth-order valence-electron chi connectivity index (χ4n) is 3.21. The van der Waals surface area contributed by atoms with Crippen molar-refractivity contribution in [2.45, 2.75) is 12.8 Å². The minimum Gasteiger partial charge on any atom is -0.497 e. The number of carbonyl (C=O) groups excluding carboxylic acids is 1. The number of hydrogen-bond acceptors (Lipinski definition) is 5. The molecule has 0 spiro atoms. The van der Waals surface area contributed by atoms with Gasteiger partial charge in [-0.1, -0.05) is 34.8 Å². The number of carbonyl (C=O) groups is 1. The van der Waals surface area contributed by atoms with E-state index in [1.807, 2.05) is 24.3 Å². The first-order chi connectivity index (χ1) is 14.9. The SMILES string of the molecule is COc1ccc(-c2nc3c(Cl)cc(Cl)cn3c2C(C)C(=O)Nc2ccc(Cl)nn2)cc1. The Hall–Kier alpha value is -2.87. The monoisotopic (exact) mass is 475 g/mol. The maximum atomic E-state index is 13.1. The van der Waals surface area contributed by atoms with Crippen molar-refractivity contribution in [1.82, 2.24) is 19.6 Å². The maximum Gasteiger partial charge on any atom is 0.234 e. The molecule has 3 aromatic heterocycles. The van der Waals surface area contributed by atoms with Gasteiger partial charge >= 0.3 is 0 Å². The summed E-state index contributed by atoms with van der Waals surface area (Å²) >= 11 is 18.4. The zero-order chi connectivity index (χ0) is 22.1. The van der Waals surface area contributed by atoms with Gasteiger partial charge in [0.2, 0.25) is 5.91 Å². The number of pyridine rings is 1. The summed E-state index contributed by atoms with van der Waals surface area (Å²) in [6.07, 6.45) is 1.68. The van der Waals surface area contributed by atoms with Crippen LogP contribution in [0.5, 0.6) is 5.75 Å². The number of anilines is 1. The molecule has 1 N–H and O–H groups in total. The van der Waals surface area contributed by atoms with Gasteiger partial charge in [-0.2, -0.15) is 0 Å². The highest BCUT2D eigenvalue weighted by Crippen LogP contribution is 2.34. The summed E-state index contributed by atoms with van der Waals surface area (Å²) in [7, 11) is 1.60. The zero-order valence-electron chi connectivity index (χ0n) is 16.4.